The second-order valence-corrected chi connectivity index (χ2v) is 15.0. The van der Waals surface area contributed by atoms with Gasteiger partial charge in [-0.15, -0.1) is 0 Å². The molecule has 210 valence electrons. The first-order valence-electron chi connectivity index (χ1n) is 14.7. The SMILES string of the molecule is CC(=O)O[C@H]1C[C@@]2(C)[C@@H]3CC[C@H]4C(C)(C)[C@@H](OC(C)=O)CC[C@@]45C[C@@]35CC(=O)[C@]2(C)[C@H]1[C@@]1(C)CCC(=O)O1. The summed E-state index contributed by atoms with van der Waals surface area (Å²) in [6, 6.07) is 0. The topological polar surface area (TPSA) is 96.0 Å². The van der Waals surface area contributed by atoms with Crippen molar-refractivity contribution in [2.24, 2.45) is 44.8 Å². The highest BCUT2D eigenvalue weighted by Crippen LogP contribution is 2.88. The number of hydrogen-bond acceptors (Lipinski definition) is 7. The van der Waals surface area contributed by atoms with Crippen molar-refractivity contribution in [2.45, 2.75) is 124 Å². The van der Waals surface area contributed by atoms with Crippen LogP contribution < -0.4 is 0 Å². The van der Waals surface area contributed by atoms with Crippen molar-refractivity contribution in [1.82, 2.24) is 0 Å². The summed E-state index contributed by atoms with van der Waals surface area (Å²) in [4.78, 5) is 51.1. The smallest absolute Gasteiger partial charge is 0.306 e. The third-order valence-corrected chi connectivity index (χ3v) is 13.2. The Bertz CT molecular complexity index is 1130. The van der Waals surface area contributed by atoms with Gasteiger partial charge in [0.15, 0.2) is 0 Å². The van der Waals surface area contributed by atoms with E-state index in [4.69, 9.17) is 14.2 Å². The molecule has 6 aliphatic rings. The predicted molar refractivity (Wildman–Crippen MR) is 137 cm³/mol. The molecular formula is C31H44O7. The van der Waals surface area contributed by atoms with Crippen LogP contribution in [0.15, 0.2) is 0 Å². The Balaban J connectivity index is 1.40. The van der Waals surface area contributed by atoms with Crippen molar-refractivity contribution in [3.8, 4) is 0 Å². The molecule has 0 aromatic carbocycles. The molecule has 6 rings (SSSR count). The lowest BCUT2D eigenvalue weighted by atomic mass is 9.41. The molecule has 0 radical (unpaired) electrons. The average Bonchev–Trinajstić information content (AvgIpc) is 3.21. The fraction of sp³-hybridized carbons (Fsp3) is 0.871. The van der Waals surface area contributed by atoms with Crippen LogP contribution in [0.4, 0.5) is 0 Å². The van der Waals surface area contributed by atoms with E-state index in [1.165, 1.54) is 13.8 Å². The molecule has 0 aromatic rings. The Hall–Kier alpha value is -1.92. The number of carbonyl (C=O) groups is 4. The zero-order valence-corrected chi connectivity index (χ0v) is 24.1. The molecule has 1 heterocycles. The first kappa shape index (κ1) is 26.3. The molecule has 1 aliphatic heterocycles. The van der Waals surface area contributed by atoms with Gasteiger partial charge in [0.2, 0.25) is 0 Å². The number of rotatable bonds is 3. The van der Waals surface area contributed by atoms with E-state index >= 15 is 0 Å². The van der Waals surface area contributed by atoms with Crippen LogP contribution in [0.3, 0.4) is 0 Å². The third-order valence-electron chi connectivity index (χ3n) is 13.2. The van der Waals surface area contributed by atoms with Gasteiger partial charge < -0.3 is 14.2 Å². The van der Waals surface area contributed by atoms with Gasteiger partial charge in [0.25, 0.3) is 0 Å². The van der Waals surface area contributed by atoms with Crippen LogP contribution in [0.2, 0.25) is 0 Å². The summed E-state index contributed by atoms with van der Waals surface area (Å²) in [6.45, 7) is 13.8. The molecule has 10 atom stereocenters. The zero-order valence-electron chi connectivity index (χ0n) is 24.1. The average molecular weight is 529 g/mol. The standard InChI is InChI=1S/C31H44O7/c1-17(32)36-19-14-27(5)21-9-8-20-26(3,4)23(37-18(2)33)10-13-30(20)16-31(21,30)15-22(34)29(27,7)25(19)28(6)12-11-24(35)38-28/h19-21,23,25H,8-16H2,1-7H3/t19-,20-,21-,23-,25+,27-,28+,29+,30+,31-/m0/s1. The second-order valence-electron chi connectivity index (χ2n) is 15.0. The van der Waals surface area contributed by atoms with Crippen molar-refractivity contribution in [1.29, 1.82) is 0 Å². The number of carbonyl (C=O) groups excluding carboxylic acids is 4. The number of cyclic esters (lactones) is 1. The van der Waals surface area contributed by atoms with Gasteiger partial charge in [-0.2, -0.15) is 0 Å². The van der Waals surface area contributed by atoms with Gasteiger partial charge in [0.05, 0.1) is 0 Å². The molecule has 7 nitrogen and oxygen atoms in total. The first-order chi connectivity index (χ1) is 17.6. The normalized spacial score (nSPS) is 52.1. The highest BCUT2D eigenvalue weighted by Gasteiger charge is 2.86. The Morgan fingerprint density at radius 1 is 0.868 bits per heavy atom. The summed E-state index contributed by atoms with van der Waals surface area (Å²) in [5.74, 6) is -0.179. The lowest BCUT2D eigenvalue weighted by Crippen LogP contribution is -2.62. The van der Waals surface area contributed by atoms with E-state index in [-0.39, 0.29) is 57.4 Å². The summed E-state index contributed by atoms with van der Waals surface area (Å²) in [6.07, 6.45) is 6.43. The van der Waals surface area contributed by atoms with Crippen molar-refractivity contribution < 1.29 is 33.4 Å². The van der Waals surface area contributed by atoms with Crippen molar-refractivity contribution in [3.05, 3.63) is 0 Å². The lowest BCUT2D eigenvalue weighted by Gasteiger charge is -2.62. The third kappa shape index (κ3) is 2.97. The molecule has 0 aromatic heterocycles. The van der Waals surface area contributed by atoms with Crippen LogP contribution in [0.25, 0.3) is 0 Å². The number of fused-ring (bicyclic) bond motifs is 2. The predicted octanol–water partition coefficient (Wildman–Crippen LogP) is 5.17. The zero-order chi connectivity index (χ0) is 27.7. The number of hydrogen-bond donors (Lipinski definition) is 0. The van der Waals surface area contributed by atoms with Gasteiger partial charge in [-0.1, -0.05) is 27.7 Å². The maximum absolute atomic E-state index is 14.6. The largest absolute Gasteiger partial charge is 0.462 e. The summed E-state index contributed by atoms with van der Waals surface area (Å²) in [5.41, 5.74) is -2.04. The number of Topliss-reactive ketones (excluding diaryl/α,β-unsaturated/α-hetero) is 1. The van der Waals surface area contributed by atoms with Crippen LogP contribution in [0, 0.1) is 44.8 Å². The summed E-state index contributed by atoms with van der Waals surface area (Å²) < 4.78 is 17.8. The Morgan fingerprint density at radius 3 is 2.13 bits per heavy atom. The molecule has 6 fully saturated rings. The minimum Gasteiger partial charge on any atom is -0.462 e. The van der Waals surface area contributed by atoms with Crippen molar-refractivity contribution >= 4 is 23.7 Å². The number of ether oxygens (including phenoxy) is 3. The van der Waals surface area contributed by atoms with Gasteiger partial charge in [-0.3, -0.25) is 19.2 Å². The van der Waals surface area contributed by atoms with Crippen LogP contribution in [-0.2, 0) is 33.4 Å². The van der Waals surface area contributed by atoms with E-state index < -0.39 is 17.1 Å². The van der Waals surface area contributed by atoms with E-state index in [0.717, 1.165) is 32.1 Å². The van der Waals surface area contributed by atoms with Gasteiger partial charge in [0.1, 0.15) is 23.6 Å². The monoisotopic (exact) mass is 528 g/mol. The number of esters is 3. The van der Waals surface area contributed by atoms with E-state index in [1.54, 1.807) is 0 Å². The molecule has 1 saturated heterocycles. The van der Waals surface area contributed by atoms with E-state index in [0.29, 0.717) is 37.5 Å². The van der Waals surface area contributed by atoms with E-state index in [1.807, 2.05) is 6.92 Å². The molecule has 5 saturated carbocycles. The molecule has 5 aliphatic carbocycles. The molecule has 0 N–H and O–H groups in total. The minimum atomic E-state index is -0.827. The first-order valence-corrected chi connectivity index (χ1v) is 14.7. The maximum Gasteiger partial charge on any atom is 0.306 e. The van der Waals surface area contributed by atoms with Gasteiger partial charge >= 0.3 is 17.9 Å². The molecule has 2 spiro atoms. The highest BCUT2D eigenvalue weighted by atomic mass is 16.6. The van der Waals surface area contributed by atoms with Crippen molar-refractivity contribution in [3.63, 3.8) is 0 Å². The minimum absolute atomic E-state index is 0.0529. The summed E-state index contributed by atoms with van der Waals surface area (Å²) in [7, 11) is 0. The Kier molecular flexibility index (Phi) is 5.28. The molecule has 7 heteroatoms. The van der Waals surface area contributed by atoms with Gasteiger partial charge in [-0.25, -0.2) is 0 Å². The van der Waals surface area contributed by atoms with Crippen LogP contribution in [0.5, 0.6) is 0 Å². The van der Waals surface area contributed by atoms with Gasteiger partial charge in [0, 0.05) is 43.4 Å². The van der Waals surface area contributed by atoms with Crippen LogP contribution >= 0.6 is 0 Å². The maximum atomic E-state index is 14.6. The fourth-order valence-electron chi connectivity index (χ4n) is 11.8. The Morgan fingerprint density at radius 2 is 1.53 bits per heavy atom. The molecule has 0 amide bonds. The van der Waals surface area contributed by atoms with Crippen LogP contribution in [0.1, 0.15) is 106 Å². The molecule has 38 heavy (non-hydrogen) atoms. The van der Waals surface area contributed by atoms with E-state index in [2.05, 4.69) is 27.7 Å². The second kappa shape index (κ2) is 7.63. The molecule has 0 unspecified atom stereocenters. The Labute approximate surface area is 226 Å². The molecular weight excluding hydrogens is 484 g/mol. The quantitative estimate of drug-likeness (QED) is 0.368. The highest BCUT2D eigenvalue weighted by molar-refractivity contribution is 5.89. The fourth-order valence-corrected chi connectivity index (χ4v) is 11.8. The van der Waals surface area contributed by atoms with Crippen molar-refractivity contribution in [2.75, 3.05) is 0 Å². The van der Waals surface area contributed by atoms with E-state index in [9.17, 15) is 19.2 Å². The summed E-state index contributed by atoms with van der Waals surface area (Å²) >= 11 is 0. The van der Waals surface area contributed by atoms with Gasteiger partial charge in [-0.05, 0) is 80.0 Å². The summed E-state index contributed by atoms with van der Waals surface area (Å²) in [5, 5.41) is 0. The number of ketones is 1. The molecule has 0 bridgehead atoms. The van der Waals surface area contributed by atoms with Crippen LogP contribution in [-0.4, -0.2) is 41.5 Å². The lowest BCUT2D eigenvalue weighted by molar-refractivity contribution is -0.194.